The Balaban J connectivity index is 1.62. The third-order valence-corrected chi connectivity index (χ3v) is 4.64. The quantitative estimate of drug-likeness (QED) is 0.921. The van der Waals surface area contributed by atoms with Crippen molar-refractivity contribution in [2.45, 2.75) is 12.8 Å². The second-order valence-electron chi connectivity index (χ2n) is 5.24. The Morgan fingerprint density at radius 2 is 2.00 bits per heavy atom. The fourth-order valence-electron chi connectivity index (χ4n) is 2.56. The minimum Gasteiger partial charge on any atom is -0.378 e. The van der Waals surface area contributed by atoms with E-state index >= 15 is 0 Å². The SMILES string of the molecule is O=C(CCc1cccs1)Nc1ccccc1N1CCOCC1. The van der Waals surface area contributed by atoms with Gasteiger partial charge in [0.1, 0.15) is 0 Å². The zero-order valence-corrected chi connectivity index (χ0v) is 13.3. The molecular weight excluding hydrogens is 296 g/mol. The summed E-state index contributed by atoms with van der Waals surface area (Å²) in [6, 6.07) is 12.1. The van der Waals surface area contributed by atoms with Crippen LogP contribution in [0, 0.1) is 0 Å². The second-order valence-corrected chi connectivity index (χ2v) is 6.28. The predicted octanol–water partition coefficient (Wildman–Crippen LogP) is 3.16. The smallest absolute Gasteiger partial charge is 0.224 e. The molecule has 0 aliphatic carbocycles. The number of ether oxygens (including phenoxy) is 1. The van der Waals surface area contributed by atoms with Crippen LogP contribution in [0.15, 0.2) is 41.8 Å². The summed E-state index contributed by atoms with van der Waals surface area (Å²) in [5.74, 6) is 0.0640. The van der Waals surface area contributed by atoms with Crippen LogP contribution in [0.5, 0.6) is 0 Å². The van der Waals surface area contributed by atoms with Gasteiger partial charge in [-0.1, -0.05) is 18.2 Å². The summed E-state index contributed by atoms with van der Waals surface area (Å²) in [6.45, 7) is 3.20. The van der Waals surface area contributed by atoms with E-state index in [0.29, 0.717) is 6.42 Å². The summed E-state index contributed by atoms with van der Waals surface area (Å²) in [4.78, 5) is 15.7. The first-order chi connectivity index (χ1) is 10.8. The van der Waals surface area contributed by atoms with Crippen molar-refractivity contribution >= 4 is 28.6 Å². The molecule has 0 saturated carbocycles. The normalized spacial score (nSPS) is 14.8. The van der Waals surface area contributed by atoms with Crippen LogP contribution >= 0.6 is 11.3 Å². The zero-order valence-electron chi connectivity index (χ0n) is 12.5. The highest BCUT2D eigenvalue weighted by atomic mass is 32.1. The van der Waals surface area contributed by atoms with E-state index in [1.807, 2.05) is 29.6 Å². The first-order valence-electron chi connectivity index (χ1n) is 7.57. The number of carbonyl (C=O) groups is 1. The number of nitrogens with zero attached hydrogens (tertiary/aromatic N) is 1. The third-order valence-electron chi connectivity index (χ3n) is 3.71. The first-order valence-corrected chi connectivity index (χ1v) is 8.45. The highest BCUT2D eigenvalue weighted by molar-refractivity contribution is 7.09. The van der Waals surface area contributed by atoms with Crippen LogP contribution in [-0.2, 0) is 16.0 Å². The van der Waals surface area contributed by atoms with Gasteiger partial charge in [-0.25, -0.2) is 0 Å². The number of aryl methyl sites for hydroxylation is 1. The molecule has 4 nitrogen and oxygen atoms in total. The molecule has 0 radical (unpaired) electrons. The minimum absolute atomic E-state index is 0.0640. The standard InChI is InChI=1S/C17H20N2O2S/c20-17(8-7-14-4-3-13-22-14)18-15-5-1-2-6-16(15)19-9-11-21-12-10-19/h1-6,13H,7-12H2,(H,18,20). The van der Waals surface area contributed by atoms with Crippen molar-refractivity contribution < 1.29 is 9.53 Å². The average molecular weight is 316 g/mol. The van der Waals surface area contributed by atoms with Gasteiger partial charge in [-0.05, 0) is 30.0 Å². The highest BCUT2D eigenvalue weighted by Crippen LogP contribution is 2.26. The van der Waals surface area contributed by atoms with Crippen molar-refractivity contribution in [1.82, 2.24) is 0 Å². The number of rotatable bonds is 5. The molecule has 1 amide bonds. The van der Waals surface area contributed by atoms with Gasteiger partial charge in [0.25, 0.3) is 0 Å². The lowest BCUT2D eigenvalue weighted by Crippen LogP contribution is -2.36. The minimum atomic E-state index is 0.0640. The fraction of sp³-hybridized carbons (Fsp3) is 0.353. The summed E-state index contributed by atoms with van der Waals surface area (Å²) in [7, 11) is 0. The van der Waals surface area contributed by atoms with Gasteiger partial charge in [0, 0.05) is 24.4 Å². The van der Waals surface area contributed by atoms with Crippen molar-refractivity contribution in [2.75, 3.05) is 36.5 Å². The lowest BCUT2D eigenvalue weighted by molar-refractivity contribution is -0.116. The lowest BCUT2D eigenvalue weighted by atomic mass is 10.2. The molecule has 0 bridgehead atoms. The number of carbonyl (C=O) groups excluding carboxylic acids is 1. The second kappa shape index (κ2) is 7.42. The lowest BCUT2D eigenvalue weighted by Gasteiger charge is -2.30. The predicted molar refractivity (Wildman–Crippen MR) is 90.7 cm³/mol. The van der Waals surface area contributed by atoms with Crippen LogP contribution in [0.4, 0.5) is 11.4 Å². The number of anilines is 2. The van der Waals surface area contributed by atoms with E-state index < -0.39 is 0 Å². The molecule has 1 N–H and O–H groups in total. The van der Waals surface area contributed by atoms with E-state index in [-0.39, 0.29) is 5.91 Å². The maximum Gasteiger partial charge on any atom is 0.224 e. The number of thiophene rings is 1. The Kier molecular flexibility index (Phi) is 5.08. The van der Waals surface area contributed by atoms with E-state index in [2.05, 4.69) is 22.3 Å². The van der Waals surface area contributed by atoms with Gasteiger partial charge in [0.15, 0.2) is 0 Å². The number of amides is 1. The van der Waals surface area contributed by atoms with E-state index in [4.69, 9.17) is 4.74 Å². The Bertz CT molecular complexity index is 607. The van der Waals surface area contributed by atoms with Crippen LogP contribution < -0.4 is 10.2 Å². The van der Waals surface area contributed by atoms with Crippen molar-refractivity contribution in [1.29, 1.82) is 0 Å². The van der Waals surface area contributed by atoms with Crippen LogP contribution in [-0.4, -0.2) is 32.2 Å². The summed E-state index contributed by atoms with van der Waals surface area (Å²) in [5.41, 5.74) is 1.97. The van der Waals surface area contributed by atoms with Gasteiger partial charge < -0.3 is 15.0 Å². The van der Waals surface area contributed by atoms with Gasteiger partial charge >= 0.3 is 0 Å². The number of benzene rings is 1. The van der Waals surface area contributed by atoms with E-state index in [1.165, 1.54) is 4.88 Å². The summed E-state index contributed by atoms with van der Waals surface area (Å²) in [5, 5.41) is 5.10. The number of para-hydroxylation sites is 2. The molecular formula is C17H20N2O2S. The molecule has 5 heteroatoms. The van der Waals surface area contributed by atoms with Crippen molar-refractivity contribution in [3.05, 3.63) is 46.7 Å². The van der Waals surface area contributed by atoms with Gasteiger partial charge in [-0.15, -0.1) is 11.3 Å². The number of nitrogens with one attached hydrogen (secondary N) is 1. The first kappa shape index (κ1) is 15.1. The number of morpholine rings is 1. The Morgan fingerprint density at radius 1 is 1.18 bits per heavy atom. The van der Waals surface area contributed by atoms with Crippen LogP contribution in [0.25, 0.3) is 0 Å². The van der Waals surface area contributed by atoms with Gasteiger partial charge in [0.2, 0.25) is 5.91 Å². The number of hydrogen-bond acceptors (Lipinski definition) is 4. The molecule has 2 aromatic rings. The monoisotopic (exact) mass is 316 g/mol. The molecule has 1 aliphatic rings. The van der Waals surface area contributed by atoms with Crippen LogP contribution in [0.2, 0.25) is 0 Å². The summed E-state index contributed by atoms with van der Waals surface area (Å²) in [6.07, 6.45) is 1.31. The largest absolute Gasteiger partial charge is 0.378 e. The summed E-state index contributed by atoms with van der Waals surface area (Å²) >= 11 is 1.69. The molecule has 2 heterocycles. The Morgan fingerprint density at radius 3 is 2.77 bits per heavy atom. The maximum atomic E-state index is 12.2. The van der Waals surface area contributed by atoms with Gasteiger partial charge in [0.05, 0.1) is 24.6 Å². The Labute approximate surface area is 134 Å². The van der Waals surface area contributed by atoms with E-state index in [1.54, 1.807) is 11.3 Å². The molecule has 1 saturated heterocycles. The molecule has 1 aromatic heterocycles. The average Bonchev–Trinajstić information content (AvgIpc) is 3.08. The highest BCUT2D eigenvalue weighted by Gasteiger charge is 2.15. The molecule has 3 rings (SSSR count). The van der Waals surface area contributed by atoms with Crippen molar-refractivity contribution in [3.8, 4) is 0 Å². The summed E-state index contributed by atoms with van der Waals surface area (Å²) < 4.78 is 5.39. The Hall–Kier alpha value is -1.85. The molecule has 0 atom stereocenters. The van der Waals surface area contributed by atoms with Crippen molar-refractivity contribution in [3.63, 3.8) is 0 Å². The number of hydrogen-bond donors (Lipinski definition) is 1. The topological polar surface area (TPSA) is 41.6 Å². The molecule has 0 spiro atoms. The molecule has 22 heavy (non-hydrogen) atoms. The van der Waals surface area contributed by atoms with E-state index in [0.717, 1.165) is 44.1 Å². The fourth-order valence-corrected chi connectivity index (χ4v) is 3.27. The molecule has 1 aliphatic heterocycles. The van der Waals surface area contributed by atoms with Crippen LogP contribution in [0.3, 0.4) is 0 Å². The third kappa shape index (κ3) is 3.87. The van der Waals surface area contributed by atoms with Crippen molar-refractivity contribution in [2.24, 2.45) is 0 Å². The molecule has 0 unspecified atom stereocenters. The zero-order chi connectivity index (χ0) is 15.2. The van der Waals surface area contributed by atoms with Crippen LogP contribution in [0.1, 0.15) is 11.3 Å². The van der Waals surface area contributed by atoms with Gasteiger partial charge in [-0.3, -0.25) is 4.79 Å². The molecule has 116 valence electrons. The molecule has 1 aromatic carbocycles. The molecule has 1 fully saturated rings. The van der Waals surface area contributed by atoms with E-state index in [9.17, 15) is 4.79 Å². The van der Waals surface area contributed by atoms with Gasteiger partial charge in [-0.2, -0.15) is 0 Å². The maximum absolute atomic E-state index is 12.2.